The molecule has 17 heteroatoms. The zero-order valence-corrected chi connectivity index (χ0v) is 28.3. The molecular formula is C30H55N3O13S. The maximum absolute atomic E-state index is 12.0. The summed E-state index contributed by atoms with van der Waals surface area (Å²) in [6.07, 6.45) is 3.32. The van der Waals surface area contributed by atoms with Gasteiger partial charge in [-0.2, -0.15) is 11.8 Å². The lowest BCUT2D eigenvalue weighted by Gasteiger charge is -2.16. The number of thioether (sulfide) groups is 1. The van der Waals surface area contributed by atoms with Crippen molar-refractivity contribution in [3.8, 4) is 0 Å². The summed E-state index contributed by atoms with van der Waals surface area (Å²) >= 11 is 1.90. The first-order chi connectivity index (χ1) is 23.1. The Hall–Kier alpha value is -1.80. The number of aliphatic carboxylic acids is 1. The van der Waals surface area contributed by atoms with Crippen LogP contribution in [0.15, 0.2) is 0 Å². The molecule has 0 bridgehead atoms. The van der Waals surface area contributed by atoms with E-state index in [1.807, 2.05) is 11.8 Å². The molecule has 0 aromatic rings. The zero-order valence-electron chi connectivity index (χ0n) is 27.5. The first-order valence-corrected chi connectivity index (χ1v) is 17.5. The average Bonchev–Trinajstić information content (AvgIpc) is 3.61. The lowest BCUT2D eigenvalue weighted by Crippen LogP contribution is -2.36. The number of amides is 3. The highest BCUT2D eigenvalue weighted by Gasteiger charge is 2.42. The summed E-state index contributed by atoms with van der Waals surface area (Å²) in [5.74, 6) is -0.00511. The molecule has 0 radical (unpaired) electrons. The van der Waals surface area contributed by atoms with E-state index in [4.69, 9.17) is 47.7 Å². The van der Waals surface area contributed by atoms with Crippen molar-refractivity contribution in [1.29, 1.82) is 0 Å². The lowest BCUT2D eigenvalue weighted by molar-refractivity contribution is -0.142. The van der Waals surface area contributed by atoms with Crippen molar-refractivity contribution >= 4 is 29.7 Å². The van der Waals surface area contributed by atoms with Gasteiger partial charge in [0.05, 0.1) is 124 Å². The van der Waals surface area contributed by atoms with Crippen molar-refractivity contribution in [1.82, 2.24) is 16.0 Å². The average molecular weight is 698 g/mol. The van der Waals surface area contributed by atoms with Crippen LogP contribution >= 0.6 is 11.8 Å². The van der Waals surface area contributed by atoms with Gasteiger partial charge in [0.25, 0.3) is 0 Å². The Kier molecular flexibility index (Phi) is 25.7. The maximum Gasteiger partial charge on any atom is 0.329 e. The maximum atomic E-state index is 12.0. The van der Waals surface area contributed by atoms with Crippen LogP contribution in [-0.2, 0) is 52.2 Å². The molecule has 3 amide bonds. The van der Waals surface area contributed by atoms with Crippen LogP contribution < -0.4 is 16.0 Å². The summed E-state index contributed by atoms with van der Waals surface area (Å²) < 4.78 is 48.2. The highest BCUT2D eigenvalue weighted by molar-refractivity contribution is 8.00. The van der Waals surface area contributed by atoms with Gasteiger partial charge in [-0.15, -0.1) is 0 Å². The van der Waals surface area contributed by atoms with Crippen LogP contribution in [0, 0.1) is 0 Å². The molecule has 47 heavy (non-hydrogen) atoms. The van der Waals surface area contributed by atoms with Crippen LogP contribution in [-0.4, -0.2) is 172 Å². The second-order valence-corrected chi connectivity index (χ2v) is 11.8. The van der Waals surface area contributed by atoms with Crippen LogP contribution in [0.1, 0.15) is 25.7 Å². The number of rotatable bonds is 34. The van der Waals surface area contributed by atoms with E-state index in [1.165, 1.54) is 0 Å². The van der Waals surface area contributed by atoms with Gasteiger partial charge in [0.1, 0.15) is 6.61 Å². The van der Waals surface area contributed by atoms with Crippen molar-refractivity contribution in [3.05, 3.63) is 0 Å². The van der Waals surface area contributed by atoms with E-state index in [1.54, 1.807) is 0 Å². The number of fused-ring (bicyclic) bond motifs is 1. The number of carbonyl (C=O) groups is 3. The molecule has 4 N–H and O–H groups in total. The molecule has 0 aliphatic carbocycles. The van der Waals surface area contributed by atoms with E-state index in [0.29, 0.717) is 124 Å². The fourth-order valence-corrected chi connectivity index (χ4v) is 6.09. The third-order valence-electron chi connectivity index (χ3n) is 6.85. The minimum absolute atomic E-state index is 0.0380. The van der Waals surface area contributed by atoms with Gasteiger partial charge in [-0.25, -0.2) is 9.59 Å². The fourth-order valence-electron chi connectivity index (χ4n) is 4.54. The first-order valence-electron chi connectivity index (χ1n) is 16.4. The van der Waals surface area contributed by atoms with Crippen LogP contribution in [0.25, 0.3) is 0 Å². The van der Waals surface area contributed by atoms with Gasteiger partial charge in [-0.3, -0.25) is 4.79 Å². The number of carboxylic acid groups (broad SMARTS) is 1. The number of urea groups is 1. The Morgan fingerprint density at radius 1 is 0.660 bits per heavy atom. The number of carbonyl (C=O) groups excluding carboxylic acids is 2. The molecule has 0 spiro atoms. The largest absolute Gasteiger partial charge is 0.480 e. The quantitative estimate of drug-likeness (QED) is 0.0522. The Morgan fingerprint density at radius 2 is 1.11 bits per heavy atom. The first kappa shape index (κ1) is 41.4. The fraction of sp³-hybridized carbons (Fsp3) is 0.900. The van der Waals surface area contributed by atoms with E-state index in [0.717, 1.165) is 25.0 Å². The highest BCUT2D eigenvalue weighted by atomic mass is 32.2. The molecule has 2 aliphatic rings. The third-order valence-corrected chi connectivity index (χ3v) is 8.36. The summed E-state index contributed by atoms with van der Waals surface area (Å²) in [4.78, 5) is 33.7. The Labute approximate surface area is 281 Å². The van der Waals surface area contributed by atoms with Crippen molar-refractivity contribution < 1.29 is 62.1 Å². The van der Waals surface area contributed by atoms with Gasteiger partial charge in [0.15, 0.2) is 0 Å². The molecule has 0 unspecified atom stereocenters. The molecule has 274 valence electrons. The SMILES string of the molecule is O=C(O)COCCOCCOCCOCCOCCOCCOCCOCCOCCNC(=O)CCCC[C@@H]1SC[C@@H]2NC(=O)N[C@@H]21. The highest BCUT2D eigenvalue weighted by Crippen LogP contribution is 2.33. The topological polar surface area (TPSA) is 191 Å². The van der Waals surface area contributed by atoms with Crippen molar-refractivity contribution in [2.24, 2.45) is 0 Å². The van der Waals surface area contributed by atoms with Crippen molar-refractivity contribution in [3.63, 3.8) is 0 Å². The third kappa shape index (κ3) is 23.2. The summed E-state index contributed by atoms with van der Waals surface area (Å²) in [6.45, 7) is 7.60. The summed E-state index contributed by atoms with van der Waals surface area (Å²) in [5, 5.41) is 17.7. The molecule has 2 heterocycles. The Bertz CT molecular complexity index is 817. The molecule has 2 aliphatic heterocycles. The monoisotopic (exact) mass is 697 g/mol. The Balaban J connectivity index is 1.17. The van der Waals surface area contributed by atoms with Crippen LogP contribution in [0.3, 0.4) is 0 Å². The molecule has 2 rings (SSSR count). The van der Waals surface area contributed by atoms with Gasteiger partial charge >= 0.3 is 12.0 Å². The number of nitrogens with one attached hydrogen (secondary N) is 3. The number of hydrogen-bond acceptors (Lipinski definition) is 13. The van der Waals surface area contributed by atoms with E-state index >= 15 is 0 Å². The molecule has 0 aromatic heterocycles. The van der Waals surface area contributed by atoms with E-state index in [2.05, 4.69) is 16.0 Å². The zero-order chi connectivity index (χ0) is 33.6. The molecule has 16 nitrogen and oxygen atoms in total. The number of hydrogen-bond donors (Lipinski definition) is 4. The summed E-state index contributed by atoms with van der Waals surface area (Å²) in [5.41, 5.74) is 0. The minimum Gasteiger partial charge on any atom is -0.480 e. The molecule has 0 aromatic carbocycles. The number of unbranched alkanes of at least 4 members (excludes halogenated alkanes) is 1. The predicted molar refractivity (Wildman–Crippen MR) is 172 cm³/mol. The van der Waals surface area contributed by atoms with Gasteiger partial charge in [0, 0.05) is 24.0 Å². The normalized spacial score (nSPS) is 18.6. The number of ether oxygens (including phenoxy) is 9. The number of carboxylic acids is 1. The van der Waals surface area contributed by atoms with E-state index in [9.17, 15) is 14.4 Å². The van der Waals surface area contributed by atoms with Crippen molar-refractivity contribution in [2.75, 3.05) is 131 Å². The van der Waals surface area contributed by atoms with Gasteiger partial charge in [0.2, 0.25) is 5.91 Å². The minimum atomic E-state index is -1.000. The molecule has 2 saturated heterocycles. The van der Waals surface area contributed by atoms with Crippen LogP contribution in [0.4, 0.5) is 4.79 Å². The summed E-state index contributed by atoms with van der Waals surface area (Å²) in [7, 11) is 0. The molecule has 3 atom stereocenters. The van der Waals surface area contributed by atoms with Gasteiger partial charge in [-0.05, 0) is 12.8 Å². The molecular weight excluding hydrogens is 642 g/mol. The summed E-state index contributed by atoms with van der Waals surface area (Å²) in [6, 6.07) is 0.399. The standard InChI is InChI=1S/C30H55N3O13S/c34-27(4-2-1-3-26-29-25(24-47-26)32-30(37)33-29)31-5-6-38-7-8-39-9-10-40-11-12-41-13-14-42-15-16-43-17-18-44-19-20-45-21-22-46-23-28(35)36/h25-26,29H,1-24H2,(H,31,34)(H,35,36)(H2,32,33,37)/t25-,26-,29-/m0/s1. The van der Waals surface area contributed by atoms with Crippen LogP contribution in [0.2, 0.25) is 0 Å². The predicted octanol–water partition coefficient (Wildman–Crippen LogP) is 0.0624. The van der Waals surface area contributed by atoms with Gasteiger partial charge in [-0.1, -0.05) is 6.42 Å². The van der Waals surface area contributed by atoms with Gasteiger partial charge < -0.3 is 63.7 Å². The van der Waals surface area contributed by atoms with Crippen molar-refractivity contribution in [2.45, 2.75) is 43.0 Å². The van der Waals surface area contributed by atoms with E-state index in [-0.39, 0.29) is 37.2 Å². The molecule has 0 saturated carbocycles. The smallest absolute Gasteiger partial charge is 0.329 e. The molecule has 2 fully saturated rings. The Morgan fingerprint density at radius 3 is 1.57 bits per heavy atom. The van der Waals surface area contributed by atoms with Crippen LogP contribution in [0.5, 0.6) is 0 Å². The second-order valence-electron chi connectivity index (χ2n) is 10.6. The lowest BCUT2D eigenvalue weighted by atomic mass is 10.0. The second kappa shape index (κ2) is 29.1. The van der Waals surface area contributed by atoms with E-state index < -0.39 is 5.97 Å².